The third-order valence-corrected chi connectivity index (χ3v) is 5.16. The number of para-hydroxylation sites is 2. The van der Waals surface area contributed by atoms with E-state index in [9.17, 15) is 8.42 Å². The number of aryl methyl sites for hydroxylation is 2. The van der Waals surface area contributed by atoms with Crippen molar-refractivity contribution in [1.82, 2.24) is 14.3 Å². The lowest BCUT2D eigenvalue weighted by Gasteiger charge is -2.07. The third-order valence-electron chi connectivity index (χ3n) is 3.83. The Kier molecular flexibility index (Phi) is 4.45. The van der Waals surface area contributed by atoms with Gasteiger partial charge in [-0.3, -0.25) is 0 Å². The minimum atomic E-state index is -3.34. The normalized spacial score (nSPS) is 11.9. The number of aromatic nitrogens is 2. The van der Waals surface area contributed by atoms with Crippen LogP contribution in [0.15, 0.2) is 54.6 Å². The average molecular weight is 329 g/mol. The van der Waals surface area contributed by atoms with Crippen LogP contribution in [0.5, 0.6) is 0 Å². The van der Waals surface area contributed by atoms with Crippen molar-refractivity contribution in [1.29, 1.82) is 0 Å². The summed E-state index contributed by atoms with van der Waals surface area (Å²) in [7, 11) is -1.44. The minimum absolute atomic E-state index is 0.0704. The van der Waals surface area contributed by atoms with Crippen LogP contribution in [-0.4, -0.2) is 23.7 Å². The molecule has 0 aliphatic heterocycles. The molecule has 0 saturated carbocycles. The number of rotatable bonds is 6. The average Bonchev–Trinajstić information content (AvgIpc) is 2.89. The monoisotopic (exact) mass is 329 g/mol. The Morgan fingerprint density at radius 2 is 1.74 bits per heavy atom. The van der Waals surface area contributed by atoms with Crippen molar-refractivity contribution in [3.63, 3.8) is 0 Å². The van der Waals surface area contributed by atoms with Gasteiger partial charge in [0.05, 0.1) is 23.3 Å². The van der Waals surface area contributed by atoms with Crippen LogP contribution in [0, 0.1) is 0 Å². The van der Waals surface area contributed by atoms with E-state index in [1.165, 1.54) is 0 Å². The van der Waals surface area contributed by atoms with E-state index in [4.69, 9.17) is 0 Å². The molecule has 0 bridgehead atoms. The number of benzene rings is 2. The van der Waals surface area contributed by atoms with Crippen molar-refractivity contribution >= 4 is 21.1 Å². The fourth-order valence-electron chi connectivity index (χ4n) is 2.50. The third kappa shape index (κ3) is 3.78. The number of hydrogen-bond donors (Lipinski definition) is 1. The van der Waals surface area contributed by atoms with E-state index < -0.39 is 10.0 Å². The Hall–Kier alpha value is -2.18. The molecule has 0 unspecified atom stereocenters. The van der Waals surface area contributed by atoms with Crippen molar-refractivity contribution in [2.45, 2.75) is 13.0 Å². The molecule has 2 aromatic carbocycles. The Bertz CT molecular complexity index is 902. The summed E-state index contributed by atoms with van der Waals surface area (Å²) in [6, 6.07) is 17.4. The summed E-state index contributed by atoms with van der Waals surface area (Å²) in [5.74, 6) is 0.774. The van der Waals surface area contributed by atoms with Crippen molar-refractivity contribution in [3.8, 4) is 0 Å². The van der Waals surface area contributed by atoms with Gasteiger partial charge in [0.15, 0.2) is 0 Å². The number of sulfonamides is 1. The zero-order valence-electron chi connectivity index (χ0n) is 12.9. The minimum Gasteiger partial charge on any atom is -0.330 e. The van der Waals surface area contributed by atoms with Crippen molar-refractivity contribution in [3.05, 3.63) is 66.0 Å². The zero-order valence-corrected chi connectivity index (χ0v) is 13.8. The van der Waals surface area contributed by atoms with Crippen LogP contribution in [0.4, 0.5) is 0 Å². The van der Waals surface area contributed by atoms with Crippen LogP contribution in [0.3, 0.4) is 0 Å². The van der Waals surface area contributed by atoms with E-state index in [2.05, 4.69) is 9.71 Å². The maximum atomic E-state index is 12.2. The molecule has 0 amide bonds. The lowest BCUT2D eigenvalue weighted by Crippen LogP contribution is -2.28. The van der Waals surface area contributed by atoms with Gasteiger partial charge in [-0.05, 0) is 24.1 Å². The van der Waals surface area contributed by atoms with Crippen LogP contribution in [0.25, 0.3) is 11.0 Å². The summed E-state index contributed by atoms with van der Waals surface area (Å²) in [6.45, 7) is 0.197. The summed E-state index contributed by atoms with van der Waals surface area (Å²) >= 11 is 0. The highest BCUT2D eigenvalue weighted by Gasteiger charge is 2.13. The first kappa shape index (κ1) is 15.7. The maximum Gasteiger partial charge on any atom is 0.212 e. The predicted octanol–water partition coefficient (Wildman–Crippen LogP) is 2.24. The molecule has 0 aliphatic carbocycles. The molecule has 0 aliphatic rings. The number of nitrogens with zero attached hydrogens (tertiary/aromatic N) is 2. The van der Waals surface area contributed by atoms with Crippen LogP contribution in [0.2, 0.25) is 0 Å². The molecule has 5 nitrogen and oxygen atoms in total. The molecule has 3 rings (SSSR count). The molecule has 120 valence electrons. The van der Waals surface area contributed by atoms with Gasteiger partial charge < -0.3 is 4.57 Å². The van der Waals surface area contributed by atoms with Crippen molar-refractivity contribution in [2.75, 3.05) is 5.75 Å². The summed E-state index contributed by atoms with van der Waals surface area (Å²) in [5.41, 5.74) is 2.88. The quantitative estimate of drug-likeness (QED) is 0.754. The first-order valence-electron chi connectivity index (χ1n) is 7.47. The number of imidazole rings is 1. The molecule has 1 aromatic heterocycles. The van der Waals surface area contributed by atoms with Gasteiger partial charge >= 0.3 is 0 Å². The smallest absolute Gasteiger partial charge is 0.212 e. The number of hydrogen-bond acceptors (Lipinski definition) is 3. The van der Waals surface area contributed by atoms with E-state index in [0.29, 0.717) is 12.2 Å². The van der Waals surface area contributed by atoms with Gasteiger partial charge in [-0.25, -0.2) is 18.1 Å². The van der Waals surface area contributed by atoms with E-state index in [1.807, 2.05) is 66.2 Å². The molecule has 1 heterocycles. The van der Waals surface area contributed by atoms with Crippen molar-refractivity contribution in [2.24, 2.45) is 7.05 Å². The Balaban J connectivity index is 1.65. The van der Waals surface area contributed by atoms with Crippen LogP contribution in [0.1, 0.15) is 11.4 Å². The Labute approximate surface area is 136 Å². The first-order valence-corrected chi connectivity index (χ1v) is 9.12. The van der Waals surface area contributed by atoms with Crippen LogP contribution >= 0.6 is 0 Å². The highest BCUT2D eigenvalue weighted by Crippen LogP contribution is 2.14. The fourth-order valence-corrected chi connectivity index (χ4v) is 3.49. The second-order valence-corrected chi connectivity index (χ2v) is 7.38. The van der Waals surface area contributed by atoms with E-state index in [1.54, 1.807) is 0 Å². The highest BCUT2D eigenvalue weighted by atomic mass is 32.2. The van der Waals surface area contributed by atoms with E-state index >= 15 is 0 Å². The molecule has 0 fully saturated rings. The van der Waals surface area contributed by atoms with Gasteiger partial charge in [-0.15, -0.1) is 0 Å². The predicted molar refractivity (Wildman–Crippen MR) is 91.5 cm³/mol. The topological polar surface area (TPSA) is 64.0 Å². The molecule has 3 aromatic rings. The fraction of sp³-hybridized carbons (Fsp3) is 0.235. The Morgan fingerprint density at radius 1 is 1.04 bits per heavy atom. The van der Waals surface area contributed by atoms with Crippen molar-refractivity contribution < 1.29 is 8.42 Å². The maximum absolute atomic E-state index is 12.2. The van der Waals surface area contributed by atoms with Gasteiger partial charge in [-0.1, -0.05) is 42.5 Å². The number of fused-ring (bicyclic) bond motifs is 1. The van der Waals surface area contributed by atoms with E-state index in [0.717, 1.165) is 16.6 Å². The largest absolute Gasteiger partial charge is 0.330 e. The van der Waals surface area contributed by atoms with Gasteiger partial charge in [0.25, 0.3) is 0 Å². The zero-order chi connectivity index (χ0) is 16.3. The molecule has 0 atom stereocenters. The summed E-state index contributed by atoms with van der Waals surface area (Å²) in [6.07, 6.45) is 0.499. The van der Waals surface area contributed by atoms with Gasteiger partial charge in [0.1, 0.15) is 5.82 Å². The number of nitrogens with one attached hydrogen (secondary N) is 1. The SMILES string of the molecule is Cn1c(CNS(=O)(=O)CCc2ccccc2)nc2ccccc21. The second kappa shape index (κ2) is 6.52. The van der Waals surface area contributed by atoms with E-state index in [-0.39, 0.29) is 12.3 Å². The molecule has 1 N–H and O–H groups in total. The molecule has 6 heteroatoms. The van der Waals surface area contributed by atoms with Gasteiger partial charge in [-0.2, -0.15) is 0 Å². The standard InChI is InChI=1S/C17H19N3O2S/c1-20-16-10-6-5-9-15(16)19-17(20)13-18-23(21,22)12-11-14-7-3-2-4-8-14/h2-10,18H,11-13H2,1H3. The molecule has 0 saturated heterocycles. The molecule has 0 radical (unpaired) electrons. The van der Waals surface area contributed by atoms with Crippen LogP contribution < -0.4 is 4.72 Å². The van der Waals surface area contributed by atoms with Crippen LogP contribution in [-0.2, 0) is 30.0 Å². The molecular weight excluding hydrogens is 310 g/mol. The van der Waals surface area contributed by atoms with Gasteiger partial charge in [0, 0.05) is 7.05 Å². The summed E-state index contributed by atoms with van der Waals surface area (Å²) in [5, 5.41) is 0. The molecule has 23 heavy (non-hydrogen) atoms. The lowest BCUT2D eigenvalue weighted by molar-refractivity contribution is 0.577. The van der Waals surface area contributed by atoms with Gasteiger partial charge in [0.2, 0.25) is 10.0 Å². The molecular formula is C17H19N3O2S. The Morgan fingerprint density at radius 3 is 2.48 bits per heavy atom. The first-order chi connectivity index (χ1) is 11.1. The molecule has 0 spiro atoms. The lowest BCUT2D eigenvalue weighted by atomic mass is 10.2. The summed E-state index contributed by atoms with van der Waals surface area (Å²) < 4.78 is 28.9. The highest BCUT2D eigenvalue weighted by molar-refractivity contribution is 7.89. The summed E-state index contributed by atoms with van der Waals surface area (Å²) in [4.78, 5) is 4.47. The second-order valence-electron chi connectivity index (χ2n) is 5.45.